The van der Waals surface area contributed by atoms with Gasteiger partial charge in [-0.25, -0.2) is 0 Å². The van der Waals surface area contributed by atoms with E-state index >= 15 is 0 Å². The zero-order valence-electron chi connectivity index (χ0n) is 23.5. The fourth-order valence-corrected chi connectivity index (χ4v) is 6.80. The standard InChI is InChI=1S/C40H28NOP/c42-43(39-17-9-3-10-18-39,40-19-11-4-12-20-40)32-31-35-25-23-33(24-26-35)21-22-34-27-29-38(30-28-34)41(36-13-5-1-6-14-36)37-15-7-2-8-16-37/h1-20,23-30H. The van der Waals surface area contributed by atoms with Gasteiger partial charge in [-0.3, -0.25) is 4.57 Å². The highest BCUT2D eigenvalue weighted by molar-refractivity contribution is 7.83. The van der Waals surface area contributed by atoms with E-state index in [1.54, 1.807) is 0 Å². The molecular formula is C40H28NOP. The van der Waals surface area contributed by atoms with Gasteiger partial charge in [-0.05, 0) is 78.5 Å². The van der Waals surface area contributed by atoms with Crippen LogP contribution in [-0.2, 0) is 4.57 Å². The summed E-state index contributed by atoms with van der Waals surface area (Å²) in [7, 11) is -3.10. The summed E-state index contributed by atoms with van der Waals surface area (Å²) in [5.41, 5.74) is 9.00. The number of hydrogen-bond acceptors (Lipinski definition) is 2. The maximum atomic E-state index is 14.1. The molecule has 0 amide bonds. The maximum Gasteiger partial charge on any atom is 0.211 e. The third-order valence-electron chi connectivity index (χ3n) is 6.99. The molecule has 0 unspecified atom stereocenters. The van der Waals surface area contributed by atoms with E-state index in [4.69, 9.17) is 0 Å². The minimum atomic E-state index is -3.10. The van der Waals surface area contributed by atoms with E-state index in [0.29, 0.717) is 0 Å². The first-order chi connectivity index (χ1) is 21.2. The Bertz CT molecular complexity index is 1880. The zero-order chi connectivity index (χ0) is 29.3. The monoisotopic (exact) mass is 569 g/mol. The van der Waals surface area contributed by atoms with Gasteiger partial charge in [0.1, 0.15) is 0 Å². The predicted molar refractivity (Wildman–Crippen MR) is 180 cm³/mol. The fraction of sp³-hybridized carbons (Fsp3) is 0. The van der Waals surface area contributed by atoms with Crippen molar-refractivity contribution in [2.45, 2.75) is 0 Å². The molecule has 0 atom stereocenters. The van der Waals surface area contributed by atoms with Gasteiger partial charge in [0, 0.05) is 44.4 Å². The molecule has 0 aliphatic heterocycles. The van der Waals surface area contributed by atoms with E-state index in [9.17, 15) is 4.57 Å². The Morgan fingerprint density at radius 2 is 0.698 bits per heavy atom. The summed E-state index contributed by atoms with van der Waals surface area (Å²) in [6.45, 7) is 0. The van der Waals surface area contributed by atoms with Crippen LogP contribution in [0.15, 0.2) is 170 Å². The van der Waals surface area contributed by atoms with Crippen molar-refractivity contribution < 1.29 is 4.57 Å². The SMILES string of the molecule is O=P(C#Cc1ccc(C#Cc2ccc(N(c3ccccc3)c3ccccc3)cc2)cc1)(c1ccccc1)c1ccccc1. The Kier molecular flexibility index (Phi) is 8.34. The van der Waals surface area contributed by atoms with Crippen LogP contribution in [-0.4, -0.2) is 0 Å². The second-order valence-electron chi connectivity index (χ2n) is 9.90. The predicted octanol–water partition coefficient (Wildman–Crippen LogP) is 8.88. The second-order valence-corrected chi connectivity index (χ2v) is 12.4. The van der Waals surface area contributed by atoms with Crippen molar-refractivity contribution in [3.63, 3.8) is 0 Å². The van der Waals surface area contributed by atoms with Crippen LogP contribution in [0.1, 0.15) is 16.7 Å². The molecule has 0 N–H and O–H groups in total. The van der Waals surface area contributed by atoms with E-state index in [1.807, 2.05) is 133 Å². The first-order valence-electron chi connectivity index (χ1n) is 14.1. The van der Waals surface area contributed by atoms with Gasteiger partial charge in [0.25, 0.3) is 0 Å². The molecule has 6 aromatic carbocycles. The highest BCUT2D eigenvalue weighted by Crippen LogP contribution is 2.42. The van der Waals surface area contributed by atoms with Gasteiger partial charge in [-0.15, -0.1) is 0 Å². The van der Waals surface area contributed by atoms with Crippen LogP contribution >= 0.6 is 7.14 Å². The molecule has 0 saturated heterocycles. The topological polar surface area (TPSA) is 20.3 Å². The van der Waals surface area contributed by atoms with E-state index in [0.717, 1.165) is 44.4 Å². The second kappa shape index (κ2) is 13.0. The fourth-order valence-electron chi connectivity index (χ4n) is 4.77. The number of anilines is 3. The third-order valence-corrected chi connectivity index (χ3v) is 9.47. The number of rotatable bonds is 5. The number of benzene rings is 6. The van der Waals surface area contributed by atoms with Gasteiger partial charge in [0.05, 0.1) is 0 Å². The van der Waals surface area contributed by atoms with Crippen LogP contribution in [0.5, 0.6) is 0 Å². The molecular weight excluding hydrogens is 541 g/mol. The molecule has 0 aromatic heterocycles. The zero-order valence-corrected chi connectivity index (χ0v) is 24.4. The first kappa shape index (κ1) is 27.6. The van der Waals surface area contributed by atoms with Crippen LogP contribution in [0.25, 0.3) is 0 Å². The number of hydrogen-bond donors (Lipinski definition) is 0. The van der Waals surface area contributed by atoms with Crippen molar-refractivity contribution in [1.29, 1.82) is 0 Å². The molecule has 0 radical (unpaired) electrons. The average molecular weight is 570 g/mol. The van der Waals surface area contributed by atoms with E-state index in [2.05, 4.69) is 64.7 Å². The van der Waals surface area contributed by atoms with Crippen molar-refractivity contribution >= 4 is 34.8 Å². The Morgan fingerprint density at radius 1 is 0.372 bits per heavy atom. The summed E-state index contributed by atoms with van der Waals surface area (Å²) in [6.07, 6.45) is 0. The Balaban J connectivity index is 1.21. The molecule has 0 aliphatic carbocycles. The van der Waals surface area contributed by atoms with Crippen molar-refractivity contribution in [3.8, 4) is 23.4 Å². The normalized spacial score (nSPS) is 10.5. The molecule has 0 bridgehead atoms. The Hall–Kier alpha value is -5.53. The Labute approximate surface area is 253 Å². The van der Waals surface area contributed by atoms with Gasteiger partial charge < -0.3 is 4.90 Å². The molecule has 0 aliphatic rings. The molecule has 0 saturated carbocycles. The summed E-state index contributed by atoms with van der Waals surface area (Å²) >= 11 is 0. The molecule has 6 rings (SSSR count). The smallest absolute Gasteiger partial charge is 0.211 e. The summed E-state index contributed by atoms with van der Waals surface area (Å²) in [6, 6.07) is 55.7. The molecule has 204 valence electrons. The molecule has 43 heavy (non-hydrogen) atoms. The lowest BCUT2D eigenvalue weighted by Crippen LogP contribution is -2.14. The minimum absolute atomic E-state index is 0.734. The van der Waals surface area contributed by atoms with Crippen molar-refractivity contribution in [2.24, 2.45) is 0 Å². The van der Waals surface area contributed by atoms with Crippen LogP contribution < -0.4 is 15.5 Å². The first-order valence-corrected chi connectivity index (χ1v) is 15.8. The number of para-hydroxylation sites is 2. The summed E-state index contributed by atoms with van der Waals surface area (Å²) in [4.78, 5) is 2.23. The van der Waals surface area contributed by atoms with E-state index in [-0.39, 0.29) is 0 Å². The van der Waals surface area contributed by atoms with Crippen LogP contribution in [0.4, 0.5) is 17.1 Å². The van der Waals surface area contributed by atoms with Crippen molar-refractivity contribution in [1.82, 2.24) is 0 Å². The summed E-state index contributed by atoms with van der Waals surface area (Å²) < 4.78 is 14.1. The summed E-state index contributed by atoms with van der Waals surface area (Å²) in [5.74, 6) is 9.69. The van der Waals surface area contributed by atoms with E-state index in [1.165, 1.54) is 0 Å². The lowest BCUT2D eigenvalue weighted by Gasteiger charge is -2.25. The third kappa shape index (κ3) is 6.53. The molecule has 2 nitrogen and oxygen atoms in total. The lowest BCUT2D eigenvalue weighted by molar-refractivity contribution is 0.593. The van der Waals surface area contributed by atoms with Crippen molar-refractivity contribution in [2.75, 3.05) is 4.90 Å². The highest BCUT2D eigenvalue weighted by Gasteiger charge is 2.24. The van der Waals surface area contributed by atoms with Crippen LogP contribution in [0.3, 0.4) is 0 Å². The van der Waals surface area contributed by atoms with Gasteiger partial charge in [0.2, 0.25) is 7.14 Å². The molecule has 0 heterocycles. The molecule has 6 aromatic rings. The Morgan fingerprint density at radius 3 is 1.12 bits per heavy atom. The van der Waals surface area contributed by atoms with Gasteiger partial charge in [-0.2, -0.15) is 0 Å². The highest BCUT2D eigenvalue weighted by atomic mass is 31.2. The van der Waals surface area contributed by atoms with Crippen LogP contribution in [0.2, 0.25) is 0 Å². The number of nitrogens with zero attached hydrogens (tertiary/aromatic N) is 1. The summed E-state index contributed by atoms with van der Waals surface area (Å²) in [5, 5.41) is 1.47. The van der Waals surface area contributed by atoms with Crippen LogP contribution in [0, 0.1) is 23.4 Å². The van der Waals surface area contributed by atoms with Gasteiger partial charge >= 0.3 is 0 Å². The maximum absolute atomic E-state index is 14.1. The lowest BCUT2D eigenvalue weighted by atomic mass is 10.1. The molecule has 3 heteroatoms. The largest absolute Gasteiger partial charge is 0.311 e. The quantitative estimate of drug-likeness (QED) is 0.153. The minimum Gasteiger partial charge on any atom is -0.311 e. The average Bonchev–Trinajstić information content (AvgIpc) is 3.09. The van der Waals surface area contributed by atoms with Gasteiger partial charge in [0.15, 0.2) is 0 Å². The molecule has 0 fully saturated rings. The van der Waals surface area contributed by atoms with E-state index < -0.39 is 7.14 Å². The van der Waals surface area contributed by atoms with Gasteiger partial charge in [-0.1, -0.05) is 115 Å². The van der Waals surface area contributed by atoms with Crippen molar-refractivity contribution in [3.05, 3.63) is 187 Å². The molecule has 0 spiro atoms.